The van der Waals surface area contributed by atoms with Crippen molar-refractivity contribution in [2.24, 2.45) is 5.92 Å². The Labute approximate surface area is 140 Å². The Morgan fingerprint density at radius 1 is 1.30 bits per heavy atom. The third-order valence-corrected chi connectivity index (χ3v) is 3.84. The molecule has 0 unspecified atom stereocenters. The lowest BCUT2D eigenvalue weighted by atomic mass is 9.91. The van der Waals surface area contributed by atoms with E-state index in [1.807, 2.05) is 13.8 Å². The molecule has 4 amide bonds. The first-order chi connectivity index (χ1) is 10.7. The van der Waals surface area contributed by atoms with Gasteiger partial charge in [-0.05, 0) is 43.5 Å². The van der Waals surface area contributed by atoms with Crippen molar-refractivity contribution in [3.8, 4) is 0 Å². The molecule has 0 radical (unpaired) electrons. The van der Waals surface area contributed by atoms with E-state index in [1.165, 1.54) is 0 Å². The highest BCUT2D eigenvalue weighted by Gasteiger charge is 2.48. The van der Waals surface area contributed by atoms with E-state index in [0.29, 0.717) is 17.1 Å². The number of halogens is 1. The highest BCUT2D eigenvalue weighted by atomic mass is 35.5. The van der Waals surface area contributed by atoms with Crippen LogP contribution in [0.15, 0.2) is 24.3 Å². The molecule has 6 nitrogen and oxygen atoms in total. The van der Waals surface area contributed by atoms with Gasteiger partial charge in [0.1, 0.15) is 12.1 Å². The lowest BCUT2D eigenvalue weighted by molar-refractivity contribution is -0.133. The molecule has 1 aliphatic heterocycles. The highest BCUT2D eigenvalue weighted by molar-refractivity contribution is 6.30. The lowest BCUT2D eigenvalue weighted by Crippen LogP contribution is -2.45. The number of benzene rings is 1. The van der Waals surface area contributed by atoms with Crippen LogP contribution < -0.4 is 10.6 Å². The van der Waals surface area contributed by atoms with Crippen LogP contribution in [0.3, 0.4) is 0 Å². The minimum atomic E-state index is -0.953. The molecule has 0 saturated carbocycles. The van der Waals surface area contributed by atoms with Gasteiger partial charge >= 0.3 is 6.03 Å². The van der Waals surface area contributed by atoms with Gasteiger partial charge < -0.3 is 10.6 Å². The number of anilines is 1. The number of urea groups is 1. The van der Waals surface area contributed by atoms with Crippen molar-refractivity contribution in [2.45, 2.75) is 32.7 Å². The van der Waals surface area contributed by atoms with Crippen LogP contribution in [0.25, 0.3) is 0 Å². The van der Waals surface area contributed by atoms with Gasteiger partial charge in [0.15, 0.2) is 0 Å². The monoisotopic (exact) mass is 337 g/mol. The summed E-state index contributed by atoms with van der Waals surface area (Å²) in [6.45, 7) is 5.31. The van der Waals surface area contributed by atoms with Gasteiger partial charge in [0.25, 0.3) is 5.91 Å². The predicted octanol–water partition coefficient (Wildman–Crippen LogP) is 2.64. The highest BCUT2D eigenvalue weighted by Crippen LogP contribution is 2.25. The molecule has 1 saturated heterocycles. The van der Waals surface area contributed by atoms with Crippen LogP contribution >= 0.6 is 11.6 Å². The number of imide groups is 1. The first kappa shape index (κ1) is 17.3. The SMILES string of the molecule is CC(C)C[C@]1(C)NC(=O)N(CC(=O)Nc2ccc(Cl)cc2)C1=O. The third kappa shape index (κ3) is 4.01. The summed E-state index contributed by atoms with van der Waals surface area (Å²) in [7, 11) is 0. The fraction of sp³-hybridized carbons (Fsp3) is 0.438. The Hall–Kier alpha value is -2.08. The molecule has 1 aromatic carbocycles. The smallest absolute Gasteiger partial charge is 0.325 e. The van der Waals surface area contributed by atoms with Crippen LogP contribution in [-0.2, 0) is 9.59 Å². The van der Waals surface area contributed by atoms with Crippen LogP contribution in [0.1, 0.15) is 27.2 Å². The summed E-state index contributed by atoms with van der Waals surface area (Å²) in [4.78, 5) is 37.5. The molecule has 7 heteroatoms. The summed E-state index contributed by atoms with van der Waals surface area (Å²) < 4.78 is 0. The van der Waals surface area contributed by atoms with Crippen molar-refractivity contribution >= 4 is 35.1 Å². The number of nitrogens with one attached hydrogen (secondary N) is 2. The molecular weight excluding hydrogens is 318 g/mol. The molecule has 1 heterocycles. The van der Waals surface area contributed by atoms with E-state index in [-0.39, 0.29) is 18.4 Å². The number of hydrogen-bond acceptors (Lipinski definition) is 3. The lowest BCUT2D eigenvalue weighted by Gasteiger charge is -2.23. The summed E-state index contributed by atoms with van der Waals surface area (Å²) in [5.41, 5.74) is -0.400. The summed E-state index contributed by atoms with van der Waals surface area (Å²) in [6, 6.07) is 6.04. The van der Waals surface area contributed by atoms with Gasteiger partial charge in [0.2, 0.25) is 5.91 Å². The van der Waals surface area contributed by atoms with E-state index >= 15 is 0 Å². The normalized spacial score (nSPS) is 20.8. The molecule has 1 fully saturated rings. The fourth-order valence-corrected chi connectivity index (χ4v) is 2.85. The maximum absolute atomic E-state index is 12.5. The van der Waals surface area contributed by atoms with Gasteiger partial charge in [-0.2, -0.15) is 0 Å². The minimum Gasteiger partial charge on any atom is -0.325 e. The standard InChI is InChI=1S/C16H20ClN3O3/c1-10(2)8-16(3)14(22)20(15(23)19-16)9-13(21)18-12-6-4-11(17)5-7-12/h4-7,10H,8-9H2,1-3H3,(H,18,21)(H,19,23)/t16-/m0/s1. The Kier molecular flexibility index (Phi) is 4.94. The number of amides is 4. The maximum Gasteiger partial charge on any atom is 0.325 e. The average Bonchev–Trinajstić information content (AvgIpc) is 2.64. The topological polar surface area (TPSA) is 78.5 Å². The Balaban J connectivity index is 2.02. The van der Waals surface area contributed by atoms with Gasteiger partial charge in [-0.15, -0.1) is 0 Å². The third-order valence-electron chi connectivity index (χ3n) is 3.59. The van der Waals surface area contributed by atoms with E-state index in [1.54, 1.807) is 31.2 Å². The Bertz CT molecular complexity index is 630. The second-order valence-corrected chi connectivity index (χ2v) is 6.74. The first-order valence-electron chi connectivity index (χ1n) is 7.41. The maximum atomic E-state index is 12.5. The van der Waals surface area contributed by atoms with Crippen molar-refractivity contribution < 1.29 is 14.4 Å². The van der Waals surface area contributed by atoms with Gasteiger partial charge in [-0.3, -0.25) is 14.5 Å². The molecule has 0 bridgehead atoms. The number of nitrogens with zero attached hydrogens (tertiary/aromatic N) is 1. The van der Waals surface area contributed by atoms with Gasteiger partial charge in [0, 0.05) is 10.7 Å². The van der Waals surface area contributed by atoms with Gasteiger partial charge in [-0.1, -0.05) is 25.4 Å². The van der Waals surface area contributed by atoms with Crippen molar-refractivity contribution in [2.75, 3.05) is 11.9 Å². The molecule has 2 N–H and O–H groups in total. The van der Waals surface area contributed by atoms with E-state index < -0.39 is 17.5 Å². The number of hydrogen-bond donors (Lipinski definition) is 2. The molecule has 1 aromatic rings. The summed E-state index contributed by atoms with van der Waals surface area (Å²) in [5, 5.41) is 5.87. The van der Waals surface area contributed by atoms with Crippen molar-refractivity contribution in [3.05, 3.63) is 29.3 Å². The van der Waals surface area contributed by atoms with E-state index in [2.05, 4.69) is 10.6 Å². The number of carbonyl (C=O) groups is 3. The van der Waals surface area contributed by atoms with Crippen LogP contribution in [0.2, 0.25) is 5.02 Å². The van der Waals surface area contributed by atoms with Crippen LogP contribution in [0.5, 0.6) is 0 Å². The largest absolute Gasteiger partial charge is 0.325 e. The van der Waals surface area contributed by atoms with E-state index in [0.717, 1.165) is 4.90 Å². The number of rotatable bonds is 5. The average molecular weight is 338 g/mol. The zero-order chi connectivity index (χ0) is 17.2. The second kappa shape index (κ2) is 6.58. The van der Waals surface area contributed by atoms with Crippen molar-refractivity contribution in [1.82, 2.24) is 10.2 Å². The van der Waals surface area contributed by atoms with Crippen molar-refractivity contribution in [1.29, 1.82) is 0 Å². The van der Waals surface area contributed by atoms with Gasteiger partial charge in [-0.25, -0.2) is 4.79 Å². The van der Waals surface area contributed by atoms with Crippen LogP contribution in [0.4, 0.5) is 10.5 Å². The Morgan fingerprint density at radius 3 is 2.48 bits per heavy atom. The molecule has 23 heavy (non-hydrogen) atoms. The quantitative estimate of drug-likeness (QED) is 0.811. The van der Waals surface area contributed by atoms with Crippen molar-refractivity contribution in [3.63, 3.8) is 0 Å². The minimum absolute atomic E-state index is 0.243. The molecule has 0 spiro atoms. The molecule has 2 rings (SSSR count). The first-order valence-corrected chi connectivity index (χ1v) is 7.78. The molecule has 0 aliphatic carbocycles. The summed E-state index contributed by atoms with van der Waals surface area (Å²) in [6.07, 6.45) is 0.521. The molecule has 1 aliphatic rings. The van der Waals surface area contributed by atoms with Gasteiger partial charge in [0.05, 0.1) is 0 Å². The molecule has 124 valence electrons. The zero-order valence-electron chi connectivity index (χ0n) is 13.4. The summed E-state index contributed by atoms with van der Waals surface area (Å²) in [5.74, 6) is -0.570. The zero-order valence-corrected chi connectivity index (χ0v) is 14.1. The second-order valence-electron chi connectivity index (χ2n) is 6.31. The van der Waals surface area contributed by atoms with E-state index in [9.17, 15) is 14.4 Å². The predicted molar refractivity (Wildman–Crippen MR) is 88.2 cm³/mol. The fourth-order valence-electron chi connectivity index (χ4n) is 2.72. The van der Waals surface area contributed by atoms with E-state index in [4.69, 9.17) is 11.6 Å². The molecule has 1 atom stereocenters. The van der Waals surface area contributed by atoms with Crippen LogP contribution in [-0.4, -0.2) is 34.8 Å². The van der Waals surface area contributed by atoms with Crippen LogP contribution in [0, 0.1) is 5.92 Å². The molecule has 0 aromatic heterocycles. The Morgan fingerprint density at radius 2 is 1.91 bits per heavy atom. The molecular formula is C16H20ClN3O3. The number of carbonyl (C=O) groups excluding carboxylic acids is 3. The summed E-state index contributed by atoms with van der Waals surface area (Å²) >= 11 is 5.78.